The van der Waals surface area contributed by atoms with Gasteiger partial charge in [0, 0.05) is 29.3 Å². The smallest absolute Gasteiger partial charge is 0.266 e. The van der Waals surface area contributed by atoms with E-state index in [9.17, 15) is 18.7 Å². The molecule has 0 saturated heterocycles. The van der Waals surface area contributed by atoms with Gasteiger partial charge in [-0.15, -0.1) is 0 Å². The number of hydrogen-bond acceptors (Lipinski definition) is 4. The maximum Gasteiger partial charge on any atom is 0.266 e. The summed E-state index contributed by atoms with van der Waals surface area (Å²) >= 11 is 0. The molecule has 0 aliphatic carbocycles. The van der Waals surface area contributed by atoms with E-state index in [1.165, 1.54) is 41.0 Å². The van der Waals surface area contributed by atoms with Crippen LogP contribution in [0, 0.1) is 25.5 Å². The van der Waals surface area contributed by atoms with Gasteiger partial charge in [0.05, 0.1) is 5.39 Å². The number of phenols is 1. The first-order valence-corrected chi connectivity index (χ1v) is 8.89. The Bertz CT molecular complexity index is 1300. The number of nitrogens with one attached hydrogen (secondary N) is 1. The summed E-state index contributed by atoms with van der Waals surface area (Å²) in [7, 11) is 0. The molecule has 0 bridgehead atoms. The van der Waals surface area contributed by atoms with Crippen molar-refractivity contribution in [2.75, 3.05) is 5.32 Å². The van der Waals surface area contributed by atoms with Gasteiger partial charge in [0.2, 0.25) is 0 Å². The highest BCUT2D eigenvalue weighted by molar-refractivity contribution is 5.95. The van der Waals surface area contributed by atoms with Crippen LogP contribution in [0.15, 0.2) is 59.5 Å². The van der Waals surface area contributed by atoms with Crippen LogP contribution in [0.1, 0.15) is 11.3 Å². The third-order valence-corrected chi connectivity index (χ3v) is 4.95. The SMILES string of the molecule is Cc1c(C)n(-c2ccc(F)cc2)c(=O)c2c(Nc3ccc(O)c(F)c3)nccc12. The summed E-state index contributed by atoms with van der Waals surface area (Å²) in [5.41, 5.74) is 2.13. The van der Waals surface area contributed by atoms with Crippen molar-refractivity contribution in [1.82, 2.24) is 9.55 Å². The highest BCUT2D eigenvalue weighted by atomic mass is 19.1. The van der Waals surface area contributed by atoms with Gasteiger partial charge in [-0.2, -0.15) is 0 Å². The molecule has 0 atom stereocenters. The molecule has 0 unspecified atom stereocenters. The second-order valence-corrected chi connectivity index (χ2v) is 6.70. The Balaban J connectivity index is 1.96. The number of aryl methyl sites for hydroxylation is 1. The van der Waals surface area contributed by atoms with Crippen LogP contribution in [0.2, 0.25) is 0 Å². The summed E-state index contributed by atoms with van der Waals surface area (Å²) in [6, 6.07) is 11.2. The second-order valence-electron chi connectivity index (χ2n) is 6.70. The largest absolute Gasteiger partial charge is 0.505 e. The van der Waals surface area contributed by atoms with Gasteiger partial charge in [-0.3, -0.25) is 9.36 Å². The third kappa shape index (κ3) is 3.20. The Hall–Kier alpha value is -3.74. The number of aromatic nitrogens is 2. The highest BCUT2D eigenvalue weighted by Crippen LogP contribution is 2.28. The fourth-order valence-electron chi connectivity index (χ4n) is 3.33. The van der Waals surface area contributed by atoms with E-state index in [0.717, 1.165) is 17.3 Å². The Morgan fingerprint density at radius 3 is 2.45 bits per heavy atom. The highest BCUT2D eigenvalue weighted by Gasteiger charge is 2.17. The molecule has 5 nitrogen and oxygen atoms in total. The molecule has 146 valence electrons. The van der Waals surface area contributed by atoms with Crippen LogP contribution < -0.4 is 10.9 Å². The van der Waals surface area contributed by atoms with Gasteiger partial charge in [-0.05, 0) is 67.3 Å². The Labute approximate surface area is 164 Å². The number of phenolic OH excluding ortho intramolecular Hbond substituents is 1. The van der Waals surface area contributed by atoms with Gasteiger partial charge in [0.1, 0.15) is 11.6 Å². The van der Waals surface area contributed by atoms with Gasteiger partial charge in [0.15, 0.2) is 11.6 Å². The van der Waals surface area contributed by atoms with E-state index in [1.54, 1.807) is 12.3 Å². The summed E-state index contributed by atoms with van der Waals surface area (Å²) < 4.78 is 28.6. The van der Waals surface area contributed by atoms with Gasteiger partial charge in [-0.1, -0.05) is 0 Å². The fourth-order valence-corrected chi connectivity index (χ4v) is 3.33. The summed E-state index contributed by atoms with van der Waals surface area (Å²) in [4.78, 5) is 17.7. The van der Waals surface area contributed by atoms with Crippen molar-refractivity contribution in [3.8, 4) is 11.4 Å². The standard InChI is InChI=1S/C22H17F2N3O2/c1-12-13(2)27(16-6-3-14(23)4-7-16)22(29)20-17(12)9-10-25-21(20)26-15-5-8-19(28)18(24)11-15/h3-11,28H,1-2H3,(H,25,26). The van der Waals surface area contributed by atoms with E-state index in [4.69, 9.17) is 0 Å². The zero-order chi connectivity index (χ0) is 20.7. The molecule has 0 aliphatic rings. The lowest BCUT2D eigenvalue weighted by atomic mass is 10.1. The minimum atomic E-state index is -0.786. The van der Waals surface area contributed by atoms with Gasteiger partial charge in [-0.25, -0.2) is 13.8 Å². The normalized spacial score (nSPS) is 11.0. The quantitative estimate of drug-likeness (QED) is 0.494. The molecule has 0 saturated carbocycles. The maximum atomic E-state index is 13.7. The van der Waals surface area contributed by atoms with E-state index >= 15 is 0 Å². The number of anilines is 2. The third-order valence-electron chi connectivity index (χ3n) is 4.95. The summed E-state index contributed by atoms with van der Waals surface area (Å²) in [6.45, 7) is 3.71. The number of nitrogens with zero attached hydrogens (tertiary/aromatic N) is 2. The van der Waals surface area contributed by atoms with E-state index in [2.05, 4.69) is 10.3 Å². The molecule has 29 heavy (non-hydrogen) atoms. The molecule has 4 rings (SSSR count). The van der Waals surface area contributed by atoms with E-state index in [0.29, 0.717) is 22.1 Å². The monoisotopic (exact) mass is 393 g/mol. The minimum absolute atomic E-state index is 0.261. The van der Waals surface area contributed by atoms with Crippen molar-refractivity contribution < 1.29 is 13.9 Å². The fraction of sp³-hybridized carbons (Fsp3) is 0.0909. The van der Waals surface area contributed by atoms with Gasteiger partial charge in [0.25, 0.3) is 5.56 Å². The average molecular weight is 393 g/mol. The molecule has 0 aliphatic heterocycles. The van der Waals surface area contributed by atoms with E-state index in [-0.39, 0.29) is 11.4 Å². The number of halogens is 2. The van der Waals surface area contributed by atoms with Crippen LogP contribution in [0.4, 0.5) is 20.3 Å². The van der Waals surface area contributed by atoms with E-state index in [1.807, 2.05) is 13.8 Å². The van der Waals surface area contributed by atoms with Crippen LogP contribution in [-0.4, -0.2) is 14.7 Å². The first kappa shape index (κ1) is 18.6. The average Bonchev–Trinajstić information content (AvgIpc) is 2.70. The minimum Gasteiger partial charge on any atom is -0.505 e. The lowest BCUT2D eigenvalue weighted by Crippen LogP contribution is -2.23. The Morgan fingerprint density at radius 1 is 1.03 bits per heavy atom. The zero-order valence-electron chi connectivity index (χ0n) is 15.7. The number of rotatable bonds is 3. The van der Waals surface area contributed by atoms with Gasteiger partial charge >= 0.3 is 0 Å². The number of hydrogen-bond donors (Lipinski definition) is 2. The van der Waals surface area contributed by atoms with Crippen LogP contribution in [0.5, 0.6) is 5.75 Å². The summed E-state index contributed by atoms with van der Waals surface area (Å²) in [5, 5.41) is 13.4. The Kier molecular flexibility index (Phi) is 4.50. The molecular formula is C22H17F2N3O2. The summed E-state index contributed by atoms with van der Waals surface area (Å²) in [6.07, 6.45) is 1.57. The molecule has 2 heterocycles. The molecule has 2 aromatic heterocycles. The number of aromatic hydroxyl groups is 1. The van der Waals surface area contributed by atoms with Crippen molar-refractivity contribution in [2.45, 2.75) is 13.8 Å². The van der Waals surface area contributed by atoms with Crippen molar-refractivity contribution in [1.29, 1.82) is 0 Å². The maximum absolute atomic E-state index is 13.7. The Morgan fingerprint density at radius 2 is 1.76 bits per heavy atom. The van der Waals surface area contributed by atoms with Crippen molar-refractivity contribution in [3.05, 3.63) is 88.0 Å². The molecular weight excluding hydrogens is 376 g/mol. The lowest BCUT2D eigenvalue weighted by molar-refractivity contribution is 0.432. The lowest BCUT2D eigenvalue weighted by Gasteiger charge is -2.17. The van der Waals surface area contributed by atoms with E-state index < -0.39 is 17.4 Å². The van der Waals surface area contributed by atoms with Crippen LogP contribution >= 0.6 is 0 Å². The molecule has 0 spiro atoms. The van der Waals surface area contributed by atoms with Gasteiger partial charge < -0.3 is 10.4 Å². The van der Waals surface area contributed by atoms with Crippen LogP contribution in [0.3, 0.4) is 0 Å². The topological polar surface area (TPSA) is 67.2 Å². The molecule has 0 radical (unpaired) electrons. The molecule has 2 aromatic carbocycles. The van der Waals surface area contributed by atoms with Crippen molar-refractivity contribution >= 4 is 22.3 Å². The zero-order valence-corrected chi connectivity index (χ0v) is 15.7. The molecule has 7 heteroatoms. The first-order chi connectivity index (χ1) is 13.9. The number of pyridine rings is 2. The van der Waals surface area contributed by atoms with Crippen molar-refractivity contribution in [3.63, 3.8) is 0 Å². The molecule has 0 fully saturated rings. The molecule has 4 aromatic rings. The molecule has 0 amide bonds. The predicted octanol–water partition coefficient (Wildman–Crippen LogP) is 4.73. The van der Waals surface area contributed by atoms with Crippen molar-refractivity contribution in [2.24, 2.45) is 0 Å². The number of benzene rings is 2. The van der Waals surface area contributed by atoms with Crippen LogP contribution in [-0.2, 0) is 0 Å². The van der Waals surface area contributed by atoms with Crippen LogP contribution in [0.25, 0.3) is 16.5 Å². The molecule has 2 N–H and O–H groups in total. The first-order valence-electron chi connectivity index (χ1n) is 8.89. The summed E-state index contributed by atoms with van der Waals surface area (Å²) in [5.74, 6) is -1.38. The second kappa shape index (κ2) is 7.01. The predicted molar refractivity (Wildman–Crippen MR) is 108 cm³/mol. The number of fused-ring (bicyclic) bond motifs is 1.